The number of rotatable bonds is 8. The lowest BCUT2D eigenvalue weighted by Gasteiger charge is -2.19. The van der Waals surface area contributed by atoms with E-state index in [0.29, 0.717) is 25.4 Å². The predicted molar refractivity (Wildman–Crippen MR) is 135 cm³/mol. The molecule has 0 aromatic heterocycles. The summed E-state index contributed by atoms with van der Waals surface area (Å²) in [7, 11) is 0. The van der Waals surface area contributed by atoms with Crippen LogP contribution in [0.3, 0.4) is 0 Å². The Morgan fingerprint density at radius 1 is 0.833 bits per heavy atom. The van der Waals surface area contributed by atoms with Crippen molar-refractivity contribution in [2.45, 2.75) is 31.0 Å². The maximum absolute atomic E-state index is 13.3. The van der Waals surface area contributed by atoms with E-state index in [1.165, 1.54) is 0 Å². The molecular weight excluding hydrogens is 456 g/mol. The quantitative estimate of drug-likeness (QED) is 0.479. The van der Waals surface area contributed by atoms with E-state index < -0.39 is 5.91 Å². The Hall–Kier alpha value is -3.78. The molecule has 5 rings (SSSR count). The average molecular weight is 485 g/mol. The molecule has 3 aromatic carbocycles. The summed E-state index contributed by atoms with van der Waals surface area (Å²) in [6.07, 6.45) is 0.858. The predicted octanol–water partition coefficient (Wildman–Crippen LogP) is 3.33. The fourth-order valence-electron chi connectivity index (χ4n) is 4.41. The maximum atomic E-state index is 13.3. The normalized spacial score (nSPS) is 23.2. The van der Waals surface area contributed by atoms with Gasteiger partial charge in [0.1, 0.15) is 24.0 Å². The molecule has 0 aliphatic carbocycles. The second kappa shape index (κ2) is 11.3. The van der Waals surface area contributed by atoms with Crippen LogP contribution in [-0.2, 0) is 25.6 Å². The molecule has 0 unspecified atom stereocenters. The molecule has 0 radical (unpaired) electrons. The molecule has 0 saturated carbocycles. The van der Waals surface area contributed by atoms with Crippen molar-refractivity contribution in [2.24, 2.45) is 0 Å². The number of hydrogen-bond acceptors (Lipinski definition) is 5. The molecule has 2 heterocycles. The number of carbonyl (C=O) groups excluding carboxylic acids is 2. The number of hydrogen-bond donors (Lipinski definition) is 2. The van der Waals surface area contributed by atoms with Gasteiger partial charge in [-0.25, -0.2) is 0 Å². The topological polar surface area (TPSA) is 85.9 Å². The van der Waals surface area contributed by atoms with Crippen LogP contribution in [-0.4, -0.2) is 49.4 Å². The van der Waals surface area contributed by atoms with E-state index in [-0.39, 0.29) is 36.0 Å². The third kappa shape index (κ3) is 5.71. The lowest BCUT2D eigenvalue weighted by Crippen LogP contribution is -2.46. The highest BCUT2D eigenvalue weighted by Crippen LogP contribution is 2.29. The van der Waals surface area contributed by atoms with Crippen molar-refractivity contribution in [3.63, 3.8) is 0 Å². The van der Waals surface area contributed by atoms with E-state index in [4.69, 9.17) is 14.2 Å². The van der Waals surface area contributed by atoms with Crippen LogP contribution < -0.4 is 10.6 Å². The molecule has 0 bridgehead atoms. The molecule has 2 N–H and O–H groups in total. The van der Waals surface area contributed by atoms with Crippen molar-refractivity contribution in [3.05, 3.63) is 113 Å². The van der Waals surface area contributed by atoms with E-state index in [2.05, 4.69) is 10.6 Å². The lowest BCUT2D eigenvalue weighted by atomic mass is 10.1. The Balaban J connectivity index is 1.25. The van der Waals surface area contributed by atoms with Gasteiger partial charge in [0.15, 0.2) is 0 Å². The monoisotopic (exact) mass is 484 g/mol. The summed E-state index contributed by atoms with van der Waals surface area (Å²) >= 11 is 0. The van der Waals surface area contributed by atoms with Gasteiger partial charge >= 0.3 is 0 Å². The minimum absolute atomic E-state index is 0.147. The molecule has 184 valence electrons. The van der Waals surface area contributed by atoms with Gasteiger partial charge < -0.3 is 24.8 Å². The summed E-state index contributed by atoms with van der Waals surface area (Å²) in [6, 6.07) is 27.7. The lowest BCUT2D eigenvalue weighted by molar-refractivity contribution is -0.119. The van der Waals surface area contributed by atoms with Gasteiger partial charge in [-0.15, -0.1) is 0 Å². The summed E-state index contributed by atoms with van der Waals surface area (Å²) in [5, 5.41) is 5.76. The summed E-state index contributed by atoms with van der Waals surface area (Å²) in [4.78, 5) is 26.1. The molecule has 36 heavy (non-hydrogen) atoms. The summed E-state index contributed by atoms with van der Waals surface area (Å²) in [6.45, 7) is 1.16. The highest BCUT2D eigenvalue weighted by molar-refractivity contribution is 6.05. The Kier molecular flexibility index (Phi) is 7.52. The minimum Gasteiger partial charge on any atom is -0.370 e. The van der Waals surface area contributed by atoms with Gasteiger partial charge in [0, 0.05) is 5.56 Å². The Morgan fingerprint density at radius 2 is 1.47 bits per heavy atom. The van der Waals surface area contributed by atoms with Crippen LogP contribution in [0.2, 0.25) is 0 Å². The van der Waals surface area contributed by atoms with E-state index in [1.807, 2.05) is 66.7 Å². The van der Waals surface area contributed by atoms with Crippen molar-refractivity contribution in [1.82, 2.24) is 10.6 Å². The second-order valence-electron chi connectivity index (χ2n) is 8.80. The van der Waals surface area contributed by atoms with Gasteiger partial charge in [-0.1, -0.05) is 78.9 Å². The van der Waals surface area contributed by atoms with E-state index in [9.17, 15) is 9.59 Å². The van der Waals surface area contributed by atoms with E-state index in [0.717, 1.165) is 11.1 Å². The van der Waals surface area contributed by atoms with Crippen molar-refractivity contribution in [3.8, 4) is 0 Å². The fraction of sp³-hybridized carbons (Fsp3) is 0.241. The standard InChI is InChI=1S/C29H28N2O5/c32-28(22-14-8-3-9-15-22)30-23(16-20-10-4-1-5-11-20)29(33)31-24-18-35-27-25(19-36-26(24)27)34-17-21-12-6-2-7-13-21/h1-16,24-27H,17-19H2,(H,30,32)(H,31,33)/b23-16-/t24-,25+,26+,27+/m0/s1. The van der Waals surface area contributed by atoms with Crippen molar-refractivity contribution in [2.75, 3.05) is 13.2 Å². The molecule has 2 fully saturated rings. The molecule has 0 spiro atoms. The van der Waals surface area contributed by atoms with Crippen molar-refractivity contribution >= 4 is 17.9 Å². The summed E-state index contributed by atoms with van der Waals surface area (Å²) in [5.74, 6) is -0.769. The first-order valence-electron chi connectivity index (χ1n) is 12.0. The van der Waals surface area contributed by atoms with Crippen LogP contribution in [0.25, 0.3) is 6.08 Å². The summed E-state index contributed by atoms with van der Waals surface area (Å²) < 4.78 is 18.0. The smallest absolute Gasteiger partial charge is 0.268 e. The van der Waals surface area contributed by atoms with Crippen LogP contribution in [0.1, 0.15) is 21.5 Å². The first-order valence-corrected chi connectivity index (χ1v) is 12.0. The van der Waals surface area contributed by atoms with Gasteiger partial charge in [-0.2, -0.15) is 0 Å². The van der Waals surface area contributed by atoms with Crippen LogP contribution >= 0.6 is 0 Å². The highest BCUT2D eigenvalue weighted by atomic mass is 16.6. The second-order valence-corrected chi connectivity index (χ2v) is 8.80. The van der Waals surface area contributed by atoms with Gasteiger partial charge in [0.05, 0.1) is 25.9 Å². The number of fused-ring (bicyclic) bond motifs is 1. The van der Waals surface area contributed by atoms with Gasteiger partial charge in [0.2, 0.25) is 0 Å². The largest absolute Gasteiger partial charge is 0.370 e. The van der Waals surface area contributed by atoms with Crippen LogP contribution in [0.15, 0.2) is 96.7 Å². The average Bonchev–Trinajstić information content (AvgIpc) is 3.51. The third-order valence-corrected chi connectivity index (χ3v) is 6.27. The zero-order valence-electron chi connectivity index (χ0n) is 19.7. The van der Waals surface area contributed by atoms with Gasteiger partial charge in [-0.3, -0.25) is 9.59 Å². The van der Waals surface area contributed by atoms with Crippen molar-refractivity contribution in [1.29, 1.82) is 0 Å². The number of nitrogens with one attached hydrogen (secondary N) is 2. The SMILES string of the molecule is O=C(N[C@H]1CO[C@H]2[C@@H]1OC[C@H]2OCc1ccccc1)/C(=C/c1ccccc1)NC(=O)c1ccccc1. The van der Waals surface area contributed by atoms with Gasteiger partial charge in [-0.05, 0) is 29.3 Å². The number of carbonyl (C=O) groups is 2. The molecular formula is C29H28N2O5. The number of amides is 2. The van der Waals surface area contributed by atoms with E-state index in [1.54, 1.807) is 30.3 Å². The molecule has 4 atom stereocenters. The van der Waals surface area contributed by atoms with Crippen LogP contribution in [0, 0.1) is 0 Å². The zero-order valence-corrected chi connectivity index (χ0v) is 19.7. The Labute approximate surface area is 210 Å². The number of ether oxygens (including phenoxy) is 3. The van der Waals surface area contributed by atoms with Crippen LogP contribution in [0.4, 0.5) is 0 Å². The molecule has 3 aromatic rings. The first-order chi connectivity index (χ1) is 17.7. The fourth-order valence-corrected chi connectivity index (χ4v) is 4.41. The van der Waals surface area contributed by atoms with Crippen molar-refractivity contribution < 1.29 is 23.8 Å². The van der Waals surface area contributed by atoms with Crippen LogP contribution in [0.5, 0.6) is 0 Å². The molecule has 2 saturated heterocycles. The Morgan fingerprint density at radius 3 is 2.19 bits per heavy atom. The number of benzene rings is 3. The maximum Gasteiger partial charge on any atom is 0.268 e. The molecule has 2 amide bonds. The molecule has 7 heteroatoms. The minimum atomic E-state index is -0.408. The van der Waals surface area contributed by atoms with Gasteiger partial charge in [0.25, 0.3) is 11.8 Å². The summed E-state index contributed by atoms with van der Waals surface area (Å²) in [5.41, 5.74) is 2.48. The molecule has 2 aliphatic heterocycles. The molecule has 7 nitrogen and oxygen atoms in total. The third-order valence-electron chi connectivity index (χ3n) is 6.27. The molecule has 2 aliphatic rings. The zero-order chi connectivity index (χ0) is 24.7. The Bertz CT molecular complexity index is 1200. The highest BCUT2D eigenvalue weighted by Gasteiger charge is 2.49. The van der Waals surface area contributed by atoms with E-state index >= 15 is 0 Å². The first kappa shape index (κ1) is 23.9.